The van der Waals surface area contributed by atoms with Gasteiger partial charge in [-0.15, -0.1) is 0 Å². The Hall–Kier alpha value is -3.29. The number of ether oxygens (including phenoxy) is 5. The number of rotatable bonds is 9. The zero-order chi connectivity index (χ0) is 20.7. The van der Waals surface area contributed by atoms with Crippen molar-refractivity contribution < 1.29 is 37.3 Å². The first kappa shape index (κ1) is 21.0. The van der Waals surface area contributed by atoms with Gasteiger partial charge in [-0.3, -0.25) is 4.79 Å². The van der Waals surface area contributed by atoms with Crippen LogP contribution in [0.4, 0.5) is 8.78 Å². The first-order chi connectivity index (χ1) is 13.4. The summed E-state index contributed by atoms with van der Waals surface area (Å²) in [5.41, 5.74) is 0.898. The average Bonchev–Trinajstić information content (AvgIpc) is 2.70. The Morgan fingerprint density at radius 1 is 0.857 bits per heavy atom. The van der Waals surface area contributed by atoms with E-state index in [1.165, 1.54) is 52.7 Å². The standard InChI is InChI=1S/C20H20F2O6/c1-24-16-11-13(6-8-15(16)28-20(21)22)14(23)7-5-12-9-17(25-2)19(27-4)18(10-12)26-3/h5-11,20H,1-4H3/b7-5+. The molecule has 0 unspecified atom stereocenters. The van der Waals surface area contributed by atoms with Crippen molar-refractivity contribution in [3.05, 3.63) is 47.5 Å². The minimum absolute atomic E-state index is 0.0346. The summed E-state index contributed by atoms with van der Waals surface area (Å²) in [4.78, 5) is 12.4. The largest absolute Gasteiger partial charge is 0.493 e. The van der Waals surface area contributed by atoms with Crippen LogP contribution in [-0.4, -0.2) is 40.8 Å². The van der Waals surface area contributed by atoms with Crippen molar-refractivity contribution in [2.24, 2.45) is 0 Å². The van der Waals surface area contributed by atoms with Crippen molar-refractivity contribution in [2.75, 3.05) is 28.4 Å². The molecule has 0 aliphatic heterocycles. The molecule has 0 heterocycles. The number of methoxy groups -OCH3 is 4. The average molecular weight is 394 g/mol. The van der Waals surface area contributed by atoms with Crippen LogP contribution in [0.3, 0.4) is 0 Å². The molecule has 0 fully saturated rings. The number of alkyl halides is 2. The van der Waals surface area contributed by atoms with Gasteiger partial charge in [0.25, 0.3) is 0 Å². The first-order valence-corrected chi connectivity index (χ1v) is 8.08. The van der Waals surface area contributed by atoms with Crippen molar-refractivity contribution in [1.82, 2.24) is 0 Å². The molecule has 0 aromatic heterocycles. The molecule has 0 radical (unpaired) electrons. The SMILES string of the molecule is COc1cc(C(=O)/C=C/c2cc(OC)c(OC)c(OC)c2)ccc1OC(F)F. The fraction of sp³-hybridized carbons (Fsp3) is 0.250. The molecule has 0 amide bonds. The van der Waals surface area contributed by atoms with E-state index in [0.29, 0.717) is 22.8 Å². The molecule has 28 heavy (non-hydrogen) atoms. The number of ketones is 1. The third kappa shape index (κ3) is 4.91. The van der Waals surface area contributed by atoms with E-state index in [2.05, 4.69) is 4.74 Å². The second-order valence-corrected chi connectivity index (χ2v) is 5.40. The monoisotopic (exact) mass is 394 g/mol. The van der Waals surface area contributed by atoms with Crippen LogP contribution in [0.5, 0.6) is 28.7 Å². The van der Waals surface area contributed by atoms with Gasteiger partial charge in [0.2, 0.25) is 5.75 Å². The van der Waals surface area contributed by atoms with Crippen molar-refractivity contribution in [1.29, 1.82) is 0 Å². The third-order valence-electron chi connectivity index (χ3n) is 3.78. The summed E-state index contributed by atoms with van der Waals surface area (Å²) in [6.07, 6.45) is 2.91. The molecule has 0 aliphatic carbocycles. The number of halogens is 2. The van der Waals surface area contributed by atoms with Crippen LogP contribution in [0, 0.1) is 0 Å². The van der Waals surface area contributed by atoms with Crippen LogP contribution >= 0.6 is 0 Å². The van der Waals surface area contributed by atoms with Gasteiger partial charge in [-0.2, -0.15) is 8.78 Å². The molecule has 0 spiro atoms. The quantitative estimate of drug-likeness (QED) is 0.469. The molecule has 0 N–H and O–H groups in total. The maximum atomic E-state index is 12.4. The molecule has 2 aromatic rings. The van der Waals surface area contributed by atoms with E-state index in [1.54, 1.807) is 18.2 Å². The molecule has 2 aromatic carbocycles. The predicted octanol–water partition coefficient (Wildman–Crippen LogP) is 4.22. The van der Waals surface area contributed by atoms with Crippen molar-refractivity contribution in [3.63, 3.8) is 0 Å². The lowest BCUT2D eigenvalue weighted by Gasteiger charge is -2.12. The molecule has 0 saturated heterocycles. The van der Waals surface area contributed by atoms with Gasteiger partial charge in [-0.25, -0.2) is 0 Å². The molecule has 0 bridgehead atoms. The predicted molar refractivity (Wildman–Crippen MR) is 99.1 cm³/mol. The second kappa shape index (κ2) is 9.59. The summed E-state index contributed by atoms with van der Waals surface area (Å²) in [5.74, 6) is 0.867. The van der Waals surface area contributed by atoms with E-state index in [9.17, 15) is 13.6 Å². The lowest BCUT2D eigenvalue weighted by Crippen LogP contribution is -2.04. The molecule has 0 saturated carbocycles. The minimum Gasteiger partial charge on any atom is -0.493 e. The van der Waals surface area contributed by atoms with Gasteiger partial charge < -0.3 is 23.7 Å². The van der Waals surface area contributed by atoms with E-state index >= 15 is 0 Å². The lowest BCUT2D eigenvalue weighted by atomic mass is 10.1. The summed E-state index contributed by atoms with van der Waals surface area (Å²) in [5, 5.41) is 0. The Morgan fingerprint density at radius 2 is 1.46 bits per heavy atom. The molecular formula is C20H20F2O6. The number of carbonyl (C=O) groups is 1. The highest BCUT2D eigenvalue weighted by molar-refractivity contribution is 6.07. The fourth-order valence-electron chi connectivity index (χ4n) is 2.48. The Balaban J connectivity index is 2.28. The van der Waals surface area contributed by atoms with Crippen LogP contribution < -0.4 is 23.7 Å². The molecule has 150 valence electrons. The molecule has 6 nitrogen and oxygen atoms in total. The van der Waals surface area contributed by atoms with Gasteiger partial charge in [0.1, 0.15) is 0 Å². The molecule has 2 rings (SSSR count). The van der Waals surface area contributed by atoms with Gasteiger partial charge in [-0.05, 0) is 42.0 Å². The van der Waals surface area contributed by atoms with Crippen LogP contribution in [0.1, 0.15) is 15.9 Å². The Morgan fingerprint density at radius 3 is 1.96 bits per heavy atom. The molecule has 8 heteroatoms. The highest BCUT2D eigenvalue weighted by atomic mass is 19.3. The summed E-state index contributed by atoms with van der Waals surface area (Å²) < 4.78 is 49.9. The number of hydrogen-bond acceptors (Lipinski definition) is 6. The summed E-state index contributed by atoms with van der Waals surface area (Å²) >= 11 is 0. The van der Waals surface area contributed by atoms with Crippen molar-refractivity contribution >= 4 is 11.9 Å². The number of carbonyl (C=O) groups excluding carboxylic acids is 1. The second-order valence-electron chi connectivity index (χ2n) is 5.40. The maximum Gasteiger partial charge on any atom is 0.387 e. The van der Waals surface area contributed by atoms with Gasteiger partial charge in [0.05, 0.1) is 28.4 Å². The number of hydrogen-bond donors (Lipinski definition) is 0. The normalized spacial score (nSPS) is 10.8. The summed E-state index contributed by atoms with van der Waals surface area (Å²) in [6.45, 7) is -2.99. The van der Waals surface area contributed by atoms with E-state index < -0.39 is 6.61 Å². The van der Waals surface area contributed by atoms with Crippen LogP contribution in [0.2, 0.25) is 0 Å². The maximum absolute atomic E-state index is 12.4. The van der Waals surface area contributed by atoms with Gasteiger partial charge in [0, 0.05) is 5.56 Å². The fourth-order valence-corrected chi connectivity index (χ4v) is 2.48. The van der Waals surface area contributed by atoms with E-state index in [1.807, 2.05) is 0 Å². The third-order valence-corrected chi connectivity index (χ3v) is 3.78. The summed E-state index contributed by atoms with van der Waals surface area (Å²) in [7, 11) is 5.78. The van der Waals surface area contributed by atoms with Crippen LogP contribution in [-0.2, 0) is 0 Å². The molecule has 0 aliphatic rings. The lowest BCUT2D eigenvalue weighted by molar-refractivity contribution is -0.0512. The van der Waals surface area contributed by atoms with E-state index in [-0.39, 0.29) is 22.8 Å². The Labute approximate surface area is 161 Å². The zero-order valence-corrected chi connectivity index (χ0v) is 15.8. The van der Waals surface area contributed by atoms with E-state index in [0.717, 1.165) is 0 Å². The highest BCUT2D eigenvalue weighted by Crippen LogP contribution is 2.38. The van der Waals surface area contributed by atoms with Crippen molar-refractivity contribution in [2.45, 2.75) is 6.61 Å². The number of benzene rings is 2. The molecular weight excluding hydrogens is 374 g/mol. The smallest absolute Gasteiger partial charge is 0.387 e. The first-order valence-electron chi connectivity index (χ1n) is 8.08. The van der Waals surface area contributed by atoms with Crippen molar-refractivity contribution in [3.8, 4) is 28.7 Å². The highest BCUT2D eigenvalue weighted by Gasteiger charge is 2.14. The van der Waals surface area contributed by atoms with Gasteiger partial charge in [0.15, 0.2) is 28.8 Å². The van der Waals surface area contributed by atoms with Crippen LogP contribution in [0.25, 0.3) is 6.08 Å². The van der Waals surface area contributed by atoms with Crippen LogP contribution in [0.15, 0.2) is 36.4 Å². The minimum atomic E-state index is -2.99. The van der Waals surface area contributed by atoms with Gasteiger partial charge in [-0.1, -0.05) is 6.08 Å². The topological polar surface area (TPSA) is 63.2 Å². The Bertz CT molecular complexity index is 839. The van der Waals surface area contributed by atoms with Gasteiger partial charge >= 0.3 is 6.61 Å². The number of allylic oxidation sites excluding steroid dienone is 1. The molecule has 0 atom stereocenters. The summed E-state index contributed by atoms with van der Waals surface area (Å²) in [6, 6.07) is 7.34. The Kier molecular flexibility index (Phi) is 7.20. The zero-order valence-electron chi connectivity index (χ0n) is 15.8. The van der Waals surface area contributed by atoms with E-state index in [4.69, 9.17) is 18.9 Å².